The fraction of sp³-hybridized carbons (Fsp3) is 0.909. The van der Waals surface area contributed by atoms with Gasteiger partial charge in [0.25, 0.3) is 0 Å². The second kappa shape index (κ2) is 4.30. The molecule has 0 spiro atoms. The quantitative estimate of drug-likeness (QED) is 0.565. The average Bonchev–Trinajstić information content (AvgIpc) is 1.97. The van der Waals surface area contributed by atoms with Crippen LogP contribution >= 0.6 is 0 Å². The maximum atomic E-state index is 11.2. The van der Waals surface area contributed by atoms with Gasteiger partial charge in [0.05, 0.1) is 5.92 Å². The first-order valence-corrected chi connectivity index (χ1v) is 4.95. The van der Waals surface area contributed by atoms with Gasteiger partial charge in [-0.2, -0.15) is 5.26 Å². The van der Waals surface area contributed by atoms with Crippen molar-refractivity contribution >= 4 is 5.97 Å². The molecule has 0 radical (unpaired) electrons. The second-order valence-corrected chi connectivity index (χ2v) is 5.86. The molecule has 0 heterocycles. The molecular formula is C11H22O3. The van der Waals surface area contributed by atoms with Gasteiger partial charge in [-0.15, -0.1) is 0 Å². The van der Waals surface area contributed by atoms with Crippen LogP contribution in [0.1, 0.15) is 48.0 Å². The van der Waals surface area contributed by atoms with Gasteiger partial charge in [-0.3, -0.25) is 0 Å². The number of rotatable bonds is 3. The maximum absolute atomic E-state index is 11.2. The molecule has 0 aromatic carbocycles. The van der Waals surface area contributed by atoms with Crippen LogP contribution in [0.25, 0.3) is 0 Å². The van der Waals surface area contributed by atoms with E-state index in [-0.39, 0.29) is 16.7 Å². The highest BCUT2D eigenvalue weighted by molar-refractivity contribution is 5.72. The summed E-state index contributed by atoms with van der Waals surface area (Å²) in [6.45, 7) is 12.2. The van der Waals surface area contributed by atoms with Crippen LogP contribution in [0.4, 0.5) is 0 Å². The largest absolute Gasteiger partial charge is 0.345 e. The number of hydrogen-bond donors (Lipinski definition) is 1. The van der Waals surface area contributed by atoms with Crippen LogP contribution in [0.15, 0.2) is 0 Å². The number of hydrogen-bond acceptors (Lipinski definition) is 3. The normalized spacial score (nSPS) is 15.1. The third-order valence-electron chi connectivity index (χ3n) is 2.60. The molecule has 0 aliphatic heterocycles. The van der Waals surface area contributed by atoms with Crippen molar-refractivity contribution < 1.29 is 14.9 Å². The molecule has 14 heavy (non-hydrogen) atoms. The summed E-state index contributed by atoms with van der Waals surface area (Å²) in [5.74, 6) is -0.856. The molecule has 0 aromatic rings. The van der Waals surface area contributed by atoms with Gasteiger partial charge < -0.3 is 4.89 Å². The van der Waals surface area contributed by atoms with E-state index in [9.17, 15) is 4.79 Å². The molecular weight excluding hydrogens is 180 g/mol. The Morgan fingerprint density at radius 3 is 2.00 bits per heavy atom. The molecule has 0 aliphatic rings. The Kier molecular flexibility index (Phi) is 4.13. The Morgan fingerprint density at radius 1 is 1.29 bits per heavy atom. The minimum atomic E-state index is -0.556. The Labute approximate surface area is 86.4 Å². The standard InChI is InChI=1S/C11H22O3/c1-8(9(12)14-13)11(5,6)7-10(2,3)4/h8,13H,7H2,1-6H3. The molecule has 0 aromatic heterocycles. The third kappa shape index (κ3) is 4.09. The third-order valence-corrected chi connectivity index (χ3v) is 2.60. The smallest absolute Gasteiger partial charge is 0.301 e. The zero-order chi connectivity index (χ0) is 11.6. The monoisotopic (exact) mass is 202 g/mol. The highest BCUT2D eigenvalue weighted by Gasteiger charge is 2.36. The average molecular weight is 202 g/mol. The van der Waals surface area contributed by atoms with Crippen LogP contribution in [0.3, 0.4) is 0 Å². The lowest BCUT2D eigenvalue weighted by Crippen LogP contribution is -2.33. The van der Waals surface area contributed by atoms with Gasteiger partial charge in [-0.1, -0.05) is 41.5 Å². The summed E-state index contributed by atoms with van der Waals surface area (Å²) in [6.07, 6.45) is 0.899. The molecule has 0 amide bonds. The Morgan fingerprint density at radius 2 is 1.71 bits per heavy atom. The summed E-state index contributed by atoms with van der Waals surface area (Å²) < 4.78 is 0. The summed E-state index contributed by atoms with van der Waals surface area (Å²) >= 11 is 0. The van der Waals surface area contributed by atoms with Crippen LogP contribution in [0, 0.1) is 16.7 Å². The van der Waals surface area contributed by atoms with E-state index in [4.69, 9.17) is 5.26 Å². The molecule has 0 bridgehead atoms. The molecule has 1 unspecified atom stereocenters. The van der Waals surface area contributed by atoms with Crippen LogP contribution in [0.2, 0.25) is 0 Å². The minimum Gasteiger partial charge on any atom is -0.301 e. The van der Waals surface area contributed by atoms with E-state index in [1.165, 1.54) is 0 Å². The first-order chi connectivity index (χ1) is 6.10. The van der Waals surface area contributed by atoms with Gasteiger partial charge in [0.1, 0.15) is 0 Å². The molecule has 0 aliphatic carbocycles. The molecule has 1 N–H and O–H groups in total. The van der Waals surface area contributed by atoms with Crippen LogP contribution in [0.5, 0.6) is 0 Å². The van der Waals surface area contributed by atoms with E-state index < -0.39 is 5.97 Å². The molecule has 84 valence electrons. The van der Waals surface area contributed by atoms with Gasteiger partial charge in [0, 0.05) is 0 Å². The summed E-state index contributed by atoms with van der Waals surface area (Å²) in [7, 11) is 0. The van der Waals surface area contributed by atoms with Gasteiger partial charge in [0.2, 0.25) is 0 Å². The first-order valence-electron chi connectivity index (χ1n) is 4.95. The molecule has 0 rings (SSSR count). The summed E-state index contributed by atoms with van der Waals surface area (Å²) in [5, 5.41) is 8.32. The highest BCUT2D eigenvalue weighted by Crippen LogP contribution is 2.39. The first kappa shape index (κ1) is 13.4. The van der Waals surface area contributed by atoms with Gasteiger partial charge >= 0.3 is 5.97 Å². The van der Waals surface area contributed by atoms with E-state index in [2.05, 4.69) is 25.7 Å². The van der Waals surface area contributed by atoms with E-state index in [0.29, 0.717) is 0 Å². The zero-order valence-corrected chi connectivity index (χ0v) is 10.0. The fourth-order valence-corrected chi connectivity index (χ4v) is 1.92. The van der Waals surface area contributed by atoms with Crippen molar-refractivity contribution in [2.24, 2.45) is 16.7 Å². The Bertz CT molecular complexity index is 201. The lowest BCUT2D eigenvalue weighted by molar-refractivity contribution is -0.242. The highest BCUT2D eigenvalue weighted by atomic mass is 17.1. The predicted octanol–water partition coefficient (Wildman–Crippen LogP) is 3.10. The van der Waals surface area contributed by atoms with E-state index in [1.807, 2.05) is 13.8 Å². The molecule has 3 nitrogen and oxygen atoms in total. The van der Waals surface area contributed by atoms with Gasteiger partial charge in [0.15, 0.2) is 0 Å². The van der Waals surface area contributed by atoms with Crippen molar-refractivity contribution in [1.29, 1.82) is 0 Å². The topological polar surface area (TPSA) is 46.5 Å². The SMILES string of the molecule is CC(C(=O)OO)C(C)(C)CC(C)(C)C. The van der Waals surface area contributed by atoms with E-state index in [1.54, 1.807) is 6.92 Å². The summed E-state index contributed by atoms with van der Waals surface area (Å²) in [5.41, 5.74) is -0.00837. The van der Waals surface area contributed by atoms with Crippen molar-refractivity contribution in [1.82, 2.24) is 0 Å². The van der Waals surface area contributed by atoms with Crippen molar-refractivity contribution in [3.05, 3.63) is 0 Å². The van der Waals surface area contributed by atoms with Crippen LogP contribution in [-0.4, -0.2) is 11.2 Å². The Balaban J connectivity index is 4.53. The molecule has 3 heteroatoms. The lowest BCUT2D eigenvalue weighted by atomic mass is 9.69. The Hall–Kier alpha value is -0.570. The number of carbonyl (C=O) groups excluding carboxylic acids is 1. The van der Waals surface area contributed by atoms with Gasteiger partial charge in [-0.05, 0) is 17.3 Å². The zero-order valence-electron chi connectivity index (χ0n) is 10.0. The minimum absolute atomic E-state index is 0.160. The van der Waals surface area contributed by atoms with Crippen molar-refractivity contribution in [2.75, 3.05) is 0 Å². The summed E-state index contributed by atoms with van der Waals surface area (Å²) in [6, 6.07) is 0. The van der Waals surface area contributed by atoms with Crippen LogP contribution in [-0.2, 0) is 9.68 Å². The fourth-order valence-electron chi connectivity index (χ4n) is 1.92. The van der Waals surface area contributed by atoms with Crippen molar-refractivity contribution in [3.63, 3.8) is 0 Å². The molecule has 1 atom stereocenters. The second-order valence-electron chi connectivity index (χ2n) is 5.86. The molecule has 0 saturated heterocycles. The van der Waals surface area contributed by atoms with Crippen molar-refractivity contribution in [3.8, 4) is 0 Å². The van der Waals surface area contributed by atoms with Crippen LogP contribution < -0.4 is 0 Å². The summed E-state index contributed by atoms with van der Waals surface area (Å²) in [4.78, 5) is 14.9. The van der Waals surface area contributed by atoms with Crippen molar-refractivity contribution in [2.45, 2.75) is 48.0 Å². The molecule has 0 fully saturated rings. The lowest BCUT2D eigenvalue weighted by Gasteiger charge is -2.35. The predicted molar refractivity (Wildman–Crippen MR) is 55.7 cm³/mol. The number of carbonyl (C=O) groups is 1. The maximum Gasteiger partial charge on any atom is 0.345 e. The van der Waals surface area contributed by atoms with E-state index >= 15 is 0 Å². The van der Waals surface area contributed by atoms with E-state index in [0.717, 1.165) is 6.42 Å². The molecule has 0 saturated carbocycles. The van der Waals surface area contributed by atoms with Gasteiger partial charge in [-0.25, -0.2) is 4.79 Å².